The van der Waals surface area contributed by atoms with Crippen molar-refractivity contribution in [3.8, 4) is 0 Å². The second kappa shape index (κ2) is 10.0. The van der Waals surface area contributed by atoms with Crippen LogP contribution in [-0.4, -0.2) is 58.8 Å². The molecule has 0 spiro atoms. The van der Waals surface area contributed by atoms with Gasteiger partial charge in [0, 0.05) is 19.6 Å². The molecule has 2 aliphatic rings. The van der Waals surface area contributed by atoms with Crippen molar-refractivity contribution < 1.29 is 21.3 Å². The summed E-state index contributed by atoms with van der Waals surface area (Å²) >= 11 is 0. The van der Waals surface area contributed by atoms with Gasteiger partial charge in [0.25, 0.3) is 0 Å². The normalized spacial score (nSPS) is 20.2. The molecule has 0 bridgehead atoms. The lowest BCUT2D eigenvalue weighted by molar-refractivity contribution is 0.147. The first kappa shape index (κ1) is 23.4. The molecule has 1 atom stereocenters. The fourth-order valence-electron chi connectivity index (χ4n) is 4.44. The Labute approximate surface area is 190 Å². The van der Waals surface area contributed by atoms with Crippen molar-refractivity contribution in [2.75, 3.05) is 32.7 Å². The van der Waals surface area contributed by atoms with Crippen molar-refractivity contribution in [2.24, 2.45) is 0 Å². The van der Waals surface area contributed by atoms with Crippen molar-refractivity contribution in [3.05, 3.63) is 48.4 Å². The Morgan fingerprint density at radius 1 is 0.812 bits per heavy atom. The molecule has 176 valence electrons. The molecule has 0 aliphatic carbocycles. The predicted molar refractivity (Wildman–Crippen MR) is 121 cm³/mol. The molecular formula is C22H31N3O5S2. The topological polar surface area (TPSA) is 99.9 Å². The summed E-state index contributed by atoms with van der Waals surface area (Å²) in [7, 11) is -7.39. The van der Waals surface area contributed by atoms with Gasteiger partial charge in [-0.25, -0.2) is 21.6 Å². The summed E-state index contributed by atoms with van der Waals surface area (Å²) in [6.07, 6.45) is 7.67. The van der Waals surface area contributed by atoms with Gasteiger partial charge in [0.1, 0.15) is 5.76 Å². The van der Waals surface area contributed by atoms with Crippen molar-refractivity contribution >= 4 is 20.0 Å². The van der Waals surface area contributed by atoms with Gasteiger partial charge < -0.3 is 4.42 Å². The monoisotopic (exact) mass is 481 g/mol. The number of nitrogens with zero attached hydrogens (tertiary/aromatic N) is 2. The highest BCUT2D eigenvalue weighted by Gasteiger charge is 2.28. The van der Waals surface area contributed by atoms with Crippen LogP contribution in [0.1, 0.15) is 50.3 Å². The molecule has 0 radical (unpaired) electrons. The highest BCUT2D eigenvalue weighted by atomic mass is 32.2. The predicted octanol–water partition coefficient (Wildman–Crippen LogP) is 2.96. The maximum Gasteiger partial charge on any atom is 0.243 e. The Balaban J connectivity index is 1.46. The molecule has 4 rings (SSSR count). The van der Waals surface area contributed by atoms with Crippen molar-refractivity contribution in [3.63, 3.8) is 0 Å². The maximum absolute atomic E-state index is 12.9. The summed E-state index contributed by atoms with van der Waals surface area (Å²) in [5, 5.41) is 0. The molecule has 32 heavy (non-hydrogen) atoms. The molecule has 1 aromatic carbocycles. The average molecular weight is 482 g/mol. The largest absolute Gasteiger partial charge is 0.468 e. The zero-order chi connectivity index (χ0) is 22.6. The molecule has 1 unspecified atom stereocenters. The number of hydrogen-bond donors (Lipinski definition) is 1. The molecule has 1 N–H and O–H groups in total. The molecule has 0 amide bonds. The number of nitrogens with one attached hydrogen (secondary N) is 1. The average Bonchev–Trinajstić information content (AvgIpc) is 3.35. The summed E-state index contributed by atoms with van der Waals surface area (Å²) in [6, 6.07) is 8.99. The minimum atomic E-state index is -3.80. The third kappa shape index (κ3) is 5.26. The van der Waals surface area contributed by atoms with Crippen LogP contribution in [0.25, 0.3) is 0 Å². The van der Waals surface area contributed by atoms with Gasteiger partial charge >= 0.3 is 0 Å². The number of sulfonamides is 2. The van der Waals surface area contributed by atoms with Crippen LogP contribution in [0.2, 0.25) is 0 Å². The fourth-order valence-corrected chi connectivity index (χ4v) is 6.99. The molecule has 0 saturated carbocycles. The number of furan rings is 1. The Morgan fingerprint density at radius 2 is 1.41 bits per heavy atom. The number of benzene rings is 1. The first-order valence-corrected chi connectivity index (χ1v) is 14.2. The van der Waals surface area contributed by atoms with Crippen LogP contribution in [0.15, 0.2) is 56.9 Å². The lowest BCUT2D eigenvalue weighted by atomic mass is 10.1. The van der Waals surface area contributed by atoms with Gasteiger partial charge in [-0.1, -0.05) is 12.8 Å². The summed E-state index contributed by atoms with van der Waals surface area (Å²) in [6.45, 7) is 3.00. The van der Waals surface area contributed by atoms with Crippen LogP contribution in [0.3, 0.4) is 0 Å². The first-order valence-electron chi connectivity index (χ1n) is 11.3. The van der Waals surface area contributed by atoms with E-state index in [0.29, 0.717) is 13.1 Å². The van der Waals surface area contributed by atoms with Gasteiger partial charge in [-0.15, -0.1) is 0 Å². The second-order valence-corrected chi connectivity index (χ2v) is 12.1. The van der Waals surface area contributed by atoms with Gasteiger partial charge in [-0.05, 0) is 75.2 Å². The summed E-state index contributed by atoms with van der Waals surface area (Å²) < 4.78 is 61.2. The molecule has 2 aromatic rings. The Bertz CT molecular complexity index is 1070. The fraction of sp³-hybridized carbons (Fsp3) is 0.545. The molecular weight excluding hydrogens is 450 g/mol. The van der Waals surface area contributed by atoms with E-state index in [9.17, 15) is 16.8 Å². The van der Waals surface area contributed by atoms with Crippen molar-refractivity contribution in [1.82, 2.24) is 13.9 Å². The van der Waals surface area contributed by atoms with Crippen LogP contribution in [0, 0.1) is 0 Å². The molecule has 1 aromatic heterocycles. The zero-order valence-corrected chi connectivity index (χ0v) is 19.8. The second-order valence-electron chi connectivity index (χ2n) is 8.42. The van der Waals surface area contributed by atoms with E-state index in [2.05, 4.69) is 9.62 Å². The van der Waals surface area contributed by atoms with E-state index in [1.165, 1.54) is 35.0 Å². The Kier molecular flexibility index (Phi) is 7.36. The van der Waals surface area contributed by atoms with Crippen molar-refractivity contribution in [1.29, 1.82) is 0 Å². The minimum absolute atomic E-state index is 0.0481. The lowest BCUT2D eigenvalue weighted by Crippen LogP contribution is -2.40. The van der Waals surface area contributed by atoms with Crippen LogP contribution in [0.4, 0.5) is 0 Å². The third-order valence-electron chi connectivity index (χ3n) is 6.26. The maximum atomic E-state index is 12.9. The summed E-state index contributed by atoms with van der Waals surface area (Å²) in [5.41, 5.74) is 0. The summed E-state index contributed by atoms with van der Waals surface area (Å²) in [5.74, 6) is 0.734. The minimum Gasteiger partial charge on any atom is -0.468 e. The van der Waals surface area contributed by atoms with Gasteiger partial charge in [0.2, 0.25) is 20.0 Å². The Morgan fingerprint density at radius 3 is 2.00 bits per heavy atom. The Hall–Kier alpha value is -1.72. The molecule has 2 aliphatic heterocycles. The van der Waals surface area contributed by atoms with E-state index in [4.69, 9.17) is 4.42 Å². The highest BCUT2D eigenvalue weighted by molar-refractivity contribution is 7.89. The van der Waals surface area contributed by atoms with Crippen LogP contribution in [0.5, 0.6) is 0 Å². The van der Waals surface area contributed by atoms with E-state index >= 15 is 0 Å². The third-order valence-corrected chi connectivity index (χ3v) is 9.61. The zero-order valence-electron chi connectivity index (χ0n) is 18.1. The lowest BCUT2D eigenvalue weighted by Gasteiger charge is -2.33. The van der Waals surface area contributed by atoms with Crippen LogP contribution >= 0.6 is 0 Å². The molecule has 2 fully saturated rings. The number of piperidine rings is 2. The first-order chi connectivity index (χ1) is 15.4. The summed E-state index contributed by atoms with van der Waals surface area (Å²) in [4.78, 5) is 2.42. The van der Waals surface area contributed by atoms with E-state index in [1.807, 2.05) is 12.1 Å². The van der Waals surface area contributed by atoms with Crippen LogP contribution in [-0.2, 0) is 20.0 Å². The van der Waals surface area contributed by atoms with E-state index in [1.54, 1.807) is 6.26 Å². The quantitative estimate of drug-likeness (QED) is 0.622. The molecule has 8 nitrogen and oxygen atoms in total. The van der Waals surface area contributed by atoms with E-state index in [-0.39, 0.29) is 22.4 Å². The number of likely N-dealkylation sites (tertiary alicyclic amines) is 1. The van der Waals surface area contributed by atoms with Gasteiger partial charge in [0.05, 0.1) is 22.1 Å². The highest BCUT2D eigenvalue weighted by Crippen LogP contribution is 2.26. The standard InChI is InChI=1S/C22H31N3O5S2/c26-31(27,23-18-21(22-8-7-17-30-22)24-13-3-1-4-14-24)19-9-11-20(12-10-19)32(28,29)25-15-5-2-6-16-25/h7-12,17,21,23H,1-6,13-16,18H2. The number of rotatable bonds is 8. The van der Waals surface area contributed by atoms with Crippen LogP contribution < -0.4 is 4.72 Å². The van der Waals surface area contributed by atoms with Gasteiger partial charge in [0.15, 0.2) is 0 Å². The molecule has 3 heterocycles. The smallest absolute Gasteiger partial charge is 0.243 e. The molecule has 10 heteroatoms. The molecule has 2 saturated heterocycles. The van der Waals surface area contributed by atoms with Gasteiger partial charge in [-0.2, -0.15) is 4.31 Å². The van der Waals surface area contributed by atoms with E-state index in [0.717, 1.165) is 51.0 Å². The SMILES string of the molecule is O=S(=O)(NCC(c1ccco1)N1CCCCC1)c1ccc(S(=O)(=O)N2CCCCC2)cc1. The van der Waals surface area contributed by atoms with Gasteiger partial charge in [-0.3, -0.25) is 4.90 Å². The van der Waals surface area contributed by atoms with Crippen molar-refractivity contribution in [2.45, 2.75) is 54.4 Å². The van der Waals surface area contributed by atoms with E-state index < -0.39 is 20.0 Å². The number of hydrogen-bond acceptors (Lipinski definition) is 6.